The third-order valence-electron chi connectivity index (χ3n) is 2.67. The topological polar surface area (TPSA) is 61.2 Å². The van der Waals surface area contributed by atoms with E-state index in [-0.39, 0.29) is 15.6 Å². The molecule has 0 fully saturated rings. The number of para-hydroxylation sites is 1. The van der Waals surface area contributed by atoms with Crippen LogP contribution >= 0.6 is 23.2 Å². The van der Waals surface area contributed by atoms with E-state index in [0.29, 0.717) is 18.7 Å². The predicted molar refractivity (Wildman–Crippen MR) is 80.4 cm³/mol. The number of benzene rings is 1. The van der Waals surface area contributed by atoms with Gasteiger partial charge in [-0.05, 0) is 18.6 Å². The molecular weight excluding hydrogens is 315 g/mol. The summed E-state index contributed by atoms with van der Waals surface area (Å²) in [5.41, 5.74) is -0.0685. The van der Waals surface area contributed by atoms with Crippen molar-refractivity contribution < 1.29 is 9.53 Å². The molecule has 2 rings (SSSR count). The molecule has 0 N–H and O–H groups in total. The van der Waals surface area contributed by atoms with E-state index in [9.17, 15) is 9.59 Å². The number of rotatable bonds is 4. The maximum Gasteiger partial charge on any atom is 0.340 e. The average molecular weight is 327 g/mol. The number of carbonyl (C=O) groups excluding carboxylic acids is 1. The lowest BCUT2D eigenvalue weighted by Crippen LogP contribution is -2.24. The van der Waals surface area contributed by atoms with Gasteiger partial charge in [0, 0.05) is 0 Å². The van der Waals surface area contributed by atoms with Crippen molar-refractivity contribution in [3.8, 4) is 5.69 Å². The predicted octanol–water partition coefficient (Wildman–Crippen LogP) is 3.11. The molecule has 0 atom stereocenters. The summed E-state index contributed by atoms with van der Waals surface area (Å²) in [5, 5.41) is 3.82. The molecule has 0 saturated heterocycles. The molecule has 0 bridgehead atoms. The number of ether oxygens (including phenoxy) is 1. The molecule has 1 heterocycles. The van der Waals surface area contributed by atoms with Gasteiger partial charge in [-0.15, -0.1) is 0 Å². The Kier molecular flexibility index (Phi) is 4.98. The molecule has 0 spiro atoms. The Labute approximate surface area is 131 Å². The first-order valence-electron chi connectivity index (χ1n) is 6.26. The van der Waals surface area contributed by atoms with Crippen LogP contribution in [0.4, 0.5) is 0 Å². The van der Waals surface area contributed by atoms with Crippen molar-refractivity contribution in [3.05, 3.63) is 56.4 Å². The minimum absolute atomic E-state index is 0.0592. The summed E-state index contributed by atoms with van der Waals surface area (Å²) in [4.78, 5) is 24.1. The zero-order valence-electron chi connectivity index (χ0n) is 11.2. The van der Waals surface area contributed by atoms with Gasteiger partial charge < -0.3 is 4.74 Å². The van der Waals surface area contributed by atoms with Crippen molar-refractivity contribution in [1.82, 2.24) is 9.78 Å². The summed E-state index contributed by atoms with van der Waals surface area (Å²) >= 11 is 11.6. The van der Waals surface area contributed by atoms with Crippen molar-refractivity contribution in [1.29, 1.82) is 0 Å². The van der Waals surface area contributed by atoms with Gasteiger partial charge in [-0.1, -0.05) is 42.3 Å². The summed E-state index contributed by atoms with van der Waals surface area (Å²) < 4.78 is 6.12. The second-order valence-electron chi connectivity index (χ2n) is 4.18. The second-order valence-corrected chi connectivity index (χ2v) is 4.96. The van der Waals surface area contributed by atoms with E-state index in [2.05, 4.69) is 5.10 Å². The SMILES string of the molecule is CCCOC(=O)c1ccccc1-n1ncc(Cl)c(Cl)c1=O. The van der Waals surface area contributed by atoms with Gasteiger partial charge in [0.2, 0.25) is 0 Å². The lowest BCUT2D eigenvalue weighted by Gasteiger charge is -2.10. The highest BCUT2D eigenvalue weighted by Crippen LogP contribution is 2.18. The quantitative estimate of drug-likeness (QED) is 0.810. The number of nitrogens with zero attached hydrogens (tertiary/aromatic N) is 2. The lowest BCUT2D eigenvalue weighted by molar-refractivity contribution is 0.0505. The molecule has 0 radical (unpaired) electrons. The third kappa shape index (κ3) is 3.25. The normalized spacial score (nSPS) is 10.4. The Hall–Kier alpha value is -1.85. The molecule has 0 amide bonds. The number of aromatic nitrogens is 2. The number of hydrogen-bond acceptors (Lipinski definition) is 4. The Morgan fingerprint density at radius 2 is 2.05 bits per heavy atom. The molecule has 1 aromatic carbocycles. The van der Waals surface area contributed by atoms with E-state index in [1.807, 2.05) is 6.92 Å². The van der Waals surface area contributed by atoms with Gasteiger partial charge in [0.05, 0.1) is 29.1 Å². The van der Waals surface area contributed by atoms with Crippen molar-refractivity contribution in [2.75, 3.05) is 6.61 Å². The number of esters is 1. The smallest absolute Gasteiger partial charge is 0.340 e. The monoisotopic (exact) mass is 326 g/mol. The van der Waals surface area contributed by atoms with Crippen LogP contribution in [0.2, 0.25) is 10.0 Å². The summed E-state index contributed by atoms with van der Waals surface area (Å²) in [7, 11) is 0. The van der Waals surface area contributed by atoms with E-state index in [4.69, 9.17) is 27.9 Å². The maximum atomic E-state index is 12.1. The molecule has 0 saturated carbocycles. The Balaban J connectivity index is 2.53. The van der Waals surface area contributed by atoms with E-state index >= 15 is 0 Å². The van der Waals surface area contributed by atoms with Gasteiger partial charge in [-0.25, -0.2) is 4.79 Å². The van der Waals surface area contributed by atoms with Crippen LogP contribution in [0.15, 0.2) is 35.3 Å². The molecule has 0 unspecified atom stereocenters. The fourth-order valence-electron chi connectivity index (χ4n) is 1.69. The van der Waals surface area contributed by atoms with Crippen LogP contribution in [-0.4, -0.2) is 22.4 Å². The lowest BCUT2D eigenvalue weighted by atomic mass is 10.2. The van der Waals surface area contributed by atoms with Gasteiger partial charge >= 0.3 is 5.97 Å². The molecular formula is C14H12Cl2N2O3. The first-order valence-corrected chi connectivity index (χ1v) is 7.01. The Morgan fingerprint density at radius 1 is 1.33 bits per heavy atom. The van der Waals surface area contributed by atoms with Crippen LogP contribution in [0.3, 0.4) is 0 Å². The number of halogens is 2. The van der Waals surface area contributed by atoms with E-state index in [0.717, 1.165) is 4.68 Å². The Morgan fingerprint density at radius 3 is 2.76 bits per heavy atom. The minimum Gasteiger partial charge on any atom is -0.462 e. The molecule has 5 nitrogen and oxygen atoms in total. The van der Waals surface area contributed by atoms with Gasteiger partial charge in [-0.2, -0.15) is 9.78 Å². The van der Waals surface area contributed by atoms with Gasteiger partial charge in [0.25, 0.3) is 5.56 Å². The van der Waals surface area contributed by atoms with Gasteiger partial charge in [0.15, 0.2) is 0 Å². The minimum atomic E-state index is -0.597. The van der Waals surface area contributed by atoms with Crippen LogP contribution in [0.1, 0.15) is 23.7 Å². The van der Waals surface area contributed by atoms with Crippen molar-refractivity contribution >= 4 is 29.2 Å². The second kappa shape index (κ2) is 6.74. The van der Waals surface area contributed by atoms with Crippen molar-refractivity contribution in [3.63, 3.8) is 0 Å². The fourth-order valence-corrected chi connectivity index (χ4v) is 1.94. The standard InChI is InChI=1S/C14H12Cl2N2O3/c1-2-7-21-14(20)9-5-3-4-6-11(9)18-13(19)12(16)10(15)8-17-18/h3-6,8H,2,7H2,1H3. The van der Waals surface area contributed by atoms with Gasteiger partial charge in [-0.3, -0.25) is 4.79 Å². The molecule has 7 heteroatoms. The molecule has 110 valence electrons. The highest BCUT2D eigenvalue weighted by molar-refractivity contribution is 6.41. The third-order valence-corrected chi connectivity index (χ3v) is 3.41. The highest BCUT2D eigenvalue weighted by atomic mass is 35.5. The summed E-state index contributed by atoms with van der Waals surface area (Å²) in [6.45, 7) is 2.20. The number of hydrogen-bond donors (Lipinski definition) is 0. The fraction of sp³-hybridized carbons (Fsp3) is 0.214. The Bertz CT molecular complexity index is 728. The van der Waals surface area contributed by atoms with E-state index < -0.39 is 11.5 Å². The average Bonchev–Trinajstić information content (AvgIpc) is 2.50. The van der Waals surface area contributed by atoms with E-state index in [1.54, 1.807) is 24.3 Å². The molecule has 1 aromatic heterocycles. The van der Waals surface area contributed by atoms with Crippen molar-refractivity contribution in [2.24, 2.45) is 0 Å². The largest absolute Gasteiger partial charge is 0.462 e. The molecule has 0 aliphatic carbocycles. The molecule has 0 aliphatic rings. The van der Waals surface area contributed by atoms with Crippen LogP contribution in [0.5, 0.6) is 0 Å². The van der Waals surface area contributed by atoms with Crippen LogP contribution in [-0.2, 0) is 4.74 Å². The molecule has 2 aromatic rings. The van der Waals surface area contributed by atoms with E-state index in [1.165, 1.54) is 6.20 Å². The van der Waals surface area contributed by atoms with Crippen LogP contribution in [0, 0.1) is 0 Å². The number of carbonyl (C=O) groups is 1. The van der Waals surface area contributed by atoms with Crippen molar-refractivity contribution in [2.45, 2.75) is 13.3 Å². The summed E-state index contributed by atoms with van der Waals surface area (Å²) in [6.07, 6.45) is 1.96. The maximum absolute atomic E-state index is 12.1. The summed E-state index contributed by atoms with van der Waals surface area (Å²) in [6, 6.07) is 6.50. The molecule has 21 heavy (non-hydrogen) atoms. The summed E-state index contributed by atoms with van der Waals surface area (Å²) in [5.74, 6) is -0.521. The van der Waals surface area contributed by atoms with Crippen LogP contribution in [0.25, 0.3) is 5.69 Å². The first kappa shape index (κ1) is 15.5. The van der Waals surface area contributed by atoms with Gasteiger partial charge in [0.1, 0.15) is 5.02 Å². The zero-order valence-corrected chi connectivity index (χ0v) is 12.7. The highest BCUT2D eigenvalue weighted by Gasteiger charge is 2.17. The van der Waals surface area contributed by atoms with Crippen LogP contribution < -0.4 is 5.56 Å². The molecule has 0 aliphatic heterocycles. The zero-order chi connectivity index (χ0) is 15.4. The first-order chi connectivity index (χ1) is 10.1.